The van der Waals surface area contributed by atoms with Gasteiger partial charge in [-0.15, -0.1) is 0 Å². The van der Waals surface area contributed by atoms with Crippen LogP contribution in [0.3, 0.4) is 0 Å². The lowest BCUT2D eigenvalue weighted by molar-refractivity contribution is 0.0683. The third-order valence-electron chi connectivity index (χ3n) is 2.43. The van der Waals surface area contributed by atoms with Gasteiger partial charge in [-0.25, -0.2) is 19.2 Å². The molecule has 1 aromatic carbocycles. The smallest absolute Gasteiger partial charge is 0.373 e. The van der Waals surface area contributed by atoms with Crippen LogP contribution in [-0.2, 0) is 0 Å². The maximum absolute atomic E-state index is 13.2. The summed E-state index contributed by atoms with van der Waals surface area (Å²) >= 11 is 0. The number of aromatic carboxylic acids is 1. The van der Waals surface area contributed by atoms with Crippen LogP contribution in [0.1, 0.15) is 36.1 Å². The highest BCUT2D eigenvalue weighted by molar-refractivity contribution is 5.88. The molecule has 1 aromatic heterocycles. The van der Waals surface area contributed by atoms with Gasteiger partial charge in [-0.2, -0.15) is 0 Å². The van der Waals surface area contributed by atoms with Crippen LogP contribution < -0.4 is 0 Å². The van der Waals surface area contributed by atoms with E-state index in [2.05, 4.69) is 9.97 Å². The number of carboxylic acids is 1. The second-order valence-electron chi connectivity index (χ2n) is 4.05. The number of carbonyl (C=O) groups is 1. The van der Waals surface area contributed by atoms with Crippen LogP contribution in [0.4, 0.5) is 4.39 Å². The Morgan fingerprint density at radius 2 is 2.06 bits per heavy atom. The molecular formula is C12H11FN2O2. The van der Waals surface area contributed by atoms with Crippen molar-refractivity contribution in [2.45, 2.75) is 19.8 Å². The van der Waals surface area contributed by atoms with Crippen LogP contribution >= 0.6 is 0 Å². The van der Waals surface area contributed by atoms with Crippen LogP contribution in [0.15, 0.2) is 18.2 Å². The Balaban J connectivity index is 2.81. The van der Waals surface area contributed by atoms with Gasteiger partial charge in [0.15, 0.2) is 0 Å². The molecule has 4 nitrogen and oxygen atoms in total. The molecule has 2 rings (SSSR count). The Labute approximate surface area is 97.1 Å². The fourth-order valence-corrected chi connectivity index (χ4v) is 1.66. The highest BCUT2D eigenvalue weighted by atomic mass is 19.1. The van der Waals surface area contributed by atoms with Gasteiger partial charge in [-0.3, -0.25) is 0 Å². The van der Waals surface area contributed by atoms with Crippen molar-refractivity contribution < 1.29 is 14.3 Å². The standard InChI is InChI=1S/C12H11FN2O2/c1-6(2)10-8-5-7(13)3-4-9(8)14-11(15-10)12(16)17/h3-6H,1-2H3,(H,16,17). The van der Waals surface area contributed by atoms with Gasteiger partial charge in [0.1, 0.15) is 5.82 Å². The summed E-state index contributed by atoms with van der Waals surface area (Å²) in [4.78, 5) is 18.7. The van der Waals surface area contributed by atoms with E-state index in [1.54, 1.807) is 0 Å². The topological polar surface area (TPSA) is 63.1 Å². The van der Waals surface area contributed by atoms with E-state index in [9.17, 15) is 9.18 Å². The van der Waals surface area contributed by atoms with Crippen molar-refractivity contribution in [3.8, 4) is 0 Å². The number of aromatic nitrogens is 2. The van der Waals surface area contributed by atoms with E-state index in [1.807, 2.05) is 13.8 Å². The Bertz CT molecular complexity index is 596. The van der Waals surface area contributed by atoms with E-state index in [4.69, 9.17) is 5.11 Å². The minimum Gasteiger partial charge on any atom is -0.475 e. The molecule has 0 fully saturated rings. The summed E-state index contributed by atoms with van der Waals surface area (Å²) in [5.74, 6) is -1.82. The van der Waals surface area contributed by atoms with Crippen molar-refractivity contribution >= 4 is 16.9 Å². The molecule has 0 saturated heterocycles. The largest absolute Gasteiger partial charge is 0.475 e. The quantitative estimate of drug-likeness (QED) is 0.867. The molecule has 88 valence electrons. The lowest BCUT2D eigenvalue weighted by atomic mass is 10.0. The Morgan fingerprint density at radius 1 is 1.35 bits per heavy atom. The first-order valence-electron chi connectivity index (χ1n) is 5.19. The lowest BCUT2D eigenvalue weighted by Crippen LogP contribution is -2.08. The third kappa shape index (κ3) is 2.08. The normalized spacial score (nSPS) is 11.1. The van der Waals surface area contributed by atoms with Crippen molar-refractivity contribution in [1.29, 1.82) is 0 Å². The van der Waals surface area contributed by atoms with Gasteiger partial charge in [0.05, 0.1) is 11.2 Å². The number of hydrogen-bond acceptors (Lipinski definition) is 3. The van der Waals surface area contributed by atoms with Gasteiger partial charge in [-0.1, -0.05) is 13.8 Å². The van der Waals surface area contributed by atoms with Gasteiger partial charge in [0.25, 0.3) is 0 Å². The molecule has 0 radical (unpaired) electrons. The van der Waals surface area contributed by atoms with Crippen LogP contribution in [0.25, 0.3) is 10.9 Å². The first-order valence-corrected chi connectivity index (χ1v) is 5.19. The molecule has 1 N–H and O–H groups in total. The summed E-state index contributed by atoms with van der Waals surface area (Å²) in [7, 11) is 0. The molecule has 5 heteroatoms. The molecule has 17 heavy (non-hydrogen) atoms. The second kappa shape index (κ2) is 4.08. The molecular weight excluding hydrogens is 223 g/mol. The highest BCUT2D eigenvalue weighted by Crippen LogP contribution is 2.23. The highest BCUT2D eigenvalue weighted by Gasteiger charge is 2.15. The Hall–Kier alpha value is -2.04. The van der Waals surface area contributed by atoms with Gasteiger partial charge < -0.3 is 5.11 Å². The fraction of sp³-hybridized carbons (Fsp3) is 0.250. The maximum atomic E-state index is 13.2. The molecule has 1 heterocycles. The van der Waals surface area contributed by atoms with Gasteiger partial charge in [0, 0.05) is 5.39 Å². The minimum atomic E-state index is -1.18. The van der Waals surface area contributed by atoms with Crippen LogP contribution in [0, 0.1) is 5.82 Å². The molecule has 0 atom stereocenters. The van der Waals surface area contributed by atoms with E-state index in [1.165, 1.54) is 18.2 Å². The number of nitrogens with zero attached hydrogens (tertiary/aromatic N) is 2. The van der Waals surface area contributed by atoms with Crippen molar-refractivity contribution in [1.82, 2.24) is 9.97 Å². The zero-order valence-corrected chi connectivity index (χ0v) is 9.44. The summed E-state index contributed by atoms with van der Waals surface area (Å²) in [6, 6.07) is 4.05. The predicted molar refractivity (Wildman–Crippen MR) is 60.5 cm³/mol. The third-order valence-corrected chi connectivity index (χ3v) is 2.43. The molecule has 0 unspecified atom stereocenters. The monoisotopic (exact) mass is 234 g/mol. The predicted octanol–water partition coefficient (Wildman–Crippen LogP) is 2.59. The summed E-state index contributed by atoms with van der Waals surface area (Å²) in [6.45, 7) is 3.75. The van der Waals surface area contributed by atoms with E-state index in [-0.39, 0.29) is 17.6 Å². The van der Waals surface area contributed by atoms with Gasteiger partial charge in [-0.05, 0) is 24.1 Å². The number of fused-ring (bicyclic) bond motifs is 1. The van der Waals surface area contributed by atoms with Crippen molar-refractivity contribution in [2.75, 3.05) is 0 Å². The lowest BCUT2D eigenvalue weighted by Gasteiger charge is -2.09. The number of hydrogen-bond donors (Lipinski definition) is 1. The van der Waals surface area contributed by atoms with Crippen molar-refractivity contribution in [3.05, 3.63) is 35.5 Å². The van der Waals surface area contributed by atoms with Gasteiger partial charge in [0.2, 0.25) is 5.82 Å². The average molecular weight is 234 g/mol. The number of benzene rings is 1. The number of rotatable bonds is 2. The second-order valence-corrected chi connectivity index (χ2v) is 4.05. The average Bonchev–Trinajstić information content (AvgIpc) is 2.27. The fourth-order valence-electron chi connectivity index (χ4n) is 1.66. The van der Waals surface area contributed by atoms with Gasteiger partial charge >= 0.3 is 5.97 Å². The zero-order valence-electron chi connectivity index (χ0n) is 9.44. The number of halogens is 1. The first-order chi connectivity index (χ1) is 7.99. The SMILES string of the molecule is CC(C)c1nc(C(=O)O)nc2ccc(F)cc12. The van der Waals surface area contributed by atoms with Crippen LogP contribution in [-0.4, -0.2) is 21.0 Å². The molecule has 0 aliphatic heterocycles. The zero-order chi connectivity index (χ0) is 12.6. The molecule has 2 aromatic rings. The molecule has 0 spiro atoms. The van der Waals surface area contributed by atoms with Crippen molar-refractivity contribution in [2.24, 2.45) is 0 Å². The molecule has 0 saturated carbocycles. The van der Waals surface area contributed by atoms with E-state index in [0.717, 1.165) is 0 Å². The summed E-state index contributed by atoms with van der Waals surface area (Å²) < 4.78 is 13.2. The summed E-state index contributed by atoms with van der Waals surface area (Å²) in [5.41, 5.74) is 0.995. The van der Waals surface area contributed by atoms with Crippen LogP contribution in [0.2, 0.25) is 0 Å². The Kier molecular flexibility index (Phi) is 2.75. The van der Waals surface area contributed by atoms with E-state index >= 15 is 0 Å². The first kappa shape index (κ1) is 11.4. The Morgan fingerprint density at radius 3 is 2.65 bits per heavy atom. The van der Waals surface area contributed by atoms with Crippen molar-refractivity contribution in [3.63, 3.8) is 0 Å². The van der Waals surface area contributed by atoms with E-state index < -0.39 is 5.97 Å². The summed E-state index contributed by atoms with van der Waals surface area (Å²) in [5, 5.41) is 9.47. The number of carboxylic acid groups (broad SMARTS) is 1. The van der Waals surface area contributed by atoms with E-state index in [0.29, 0.717) is 16.6 Å². The van der Waals surface area contributed by atoms with Crippen LogP contribution in [0.5, 0.6) is 0 Å². The summed E-state index contributed by atoms with van der Waals surface area (Å²) in [6.07, 6.45) is 0. The maximum Gasteiger partial charge on any atom is 0.373 e. The molecule has 0 bridgehead atoms. The molecule has 0 aliphatic rings. The molecule has 0 aliphatic carbocycles. The molecule has 0 amide bonds. The minimum absolute atomic E-state index is 0.000370.